The van der Waals surface area contributed by atoms with E-state index in [1.165, 1.54) is 0 Å². The van der Waals surface area contributed by atoms with Crippen LogP contribution in [0.25, 0.3) is 0 Å². The van der Waals surface area contributed by atoms with Crippen LogP contribution in [0.4, 0.5) is 0 Å². The predicted molar refractivity (Wildman–Crippen MR) is 30.6 cm³/mol. The first-order chi connectivity index (χ1) is 3.41. The summed E-state index contributed by atoms with van der Waals surface area (Å²) in [6, 6.07) is 0. The van der Waals surface area contributed by atoms with Gasteiger partial charge < -0.3 is 0 Å². The first-order valence-electron chi connectivity index (χ1n) is 1.67. The van der Waals surface area contributed by atoms with Crippen molar-refractivity contribution in [2.45, 2.75) is 6.92 Å². The quantitative estimate of drug-likeness (QED) is 0.404. The predicted octanol–water partition coefficient (Wildman–Crippen LogP) is 0.592. The molecule has 0 saturated heterocycles. The van der Waals surface area contributed by atoms with Crippen molar-refractivity contribution in [2.75, 3.05) is 5.88 Å². The molecule has 0 amide bonds. The molecule has 0 unspecified atom stereocenters. The number of hydrogen-bond donors (Lipinski definition) is 2. The van der Waals surface area contributed by atoms with E-state index in [1.54, 1.807) is 0 Å². The number of hydrogen-bond acceptors (Lipinski definition) is 2. The second kappa shape index (κ2) is 5.30. The maximum atomic E-state index is 8.74. The van der Waals surface area contributed by atoms with Crippen molar-refractivity contribution in [3.63, 3.8) is 0 Å². The summed E-state index contributed by atoms with van der Waals surface area (Å²) in [5, 5.41) is 0. The fourth-order valence-corrected chi connectivity index (χ4v) is 0. The Morgan fingerprint density at radius 1 is 1.50 bits per heavy atom. The number of halogens is 1. The summed E-state index contributed by atoms with van der Waals surface area (Å²) in [6.07, 6.45) is 0. The van der Waals surface area contributed by atoms with Crippen molar-refractivity contribution in [3.8, 4) is 0 Å². The summed E-state index contributed by atoms with van der Waals surface area (Å²) in [6.45, 7) is 1.89. The van der Waals surface area contributed by atoms with E-state index in [2.05, 4.69) is 0 Å². The third kappa shape index (κ3) is 6410. The van der Waals surface area contributed by atoms with Crippen LogP contribution in [0.15, 0.2) is 0 Å². The molecule has 0 aliphatic rings. The third-order valence-electron chi connectivity index (χ3n) is 0. The first-order valence-corrected chi connectivity index (χ1v) is 3.60. The Bertz CT molecular complexity index is 108. The lowest BCUT2D eigenvalue weighted by Crippen LogP contribution is -1.89. The Balaban J connectivity index is 0. The minimum atomic E-state index is -4.67. The van der Waals surface area contributed by atoms with Gasteiger partial charge in [0.2, 0.25) is 0 Å². The second-order valence-corrected chi connectivity index (χ2v) is 2.15. The highest BCUT2D eigenvalue weighted by Crippen LogP contribution is 1.60. The van der Waals surface area contributed by atoms with Gasteiger partial charge in [-0.2, -0.15) is 8.42 Å². The Morgan fingerprint density at radius 2 is 1.50 bits per heavy atom. The van der Waals surface area contributed by atoms with E-state index in [9.17, 15) is 0 Å². The zero-order valence-corrected chi connectivity index (χ0v) is 5.78. The molecule has 0 heterocycles. The fraction of sp³-hybridized carbons (Fsp3) is 1.00. The van der Waals surface area contributed by atoms with Gasteiger partial charge in [-0.15, -0.1) is 11.6 Å². The zero-order chi connectivity index (χ0) is 7.21. The lowest BCUT2D eigenvalue weighted by Gasteiger charge is -1.68. The summed E-state index contributed by atoms with van der Waals surface area (Å²) in [4.78, 5) is 0. The molecule has 8 heavy (non-hydrogen) atoms. The molecule has 52 valence electrons. The molecule has 0 aliphatic heterocycles. The highest BCUT2D eigenvalue weighted by atomic mass is 35.5. The molecule has 2 N–H and O–H groups in total. The van der Waals surface area contributed by atoms with Crippen molar-refractivity contribution >= 4 is 22.0 Å². The average molecular weight is 163 g/mol. The van der Waals surface area contributed by atoms with E-state index in [-0.39, 0.29) is 0 Å². The fourth-order valence-electron chi connectivity index (χ4n) is 0. The monoisotopic (exact) mass is 162 g/mol. The van der Waals surface area contributed by atoms with Crippen molar-refractivity contribution in [1.29, 1.82) is 0 Å². The molecule has 0 aromatic rings. The zero-order valence-electron chi connectivity index (χ0n) is 4.20. The summed E-state index contributed by atoms with van der Waals surface area (Å²) < 4.78 is 31.6. The highest BCUT2D eigenvalue weighted by Gasteiger charge is 1.84. The normalized spacial score (nSPS) is 9.50. The topological polar surface area (TPSA) is 74.6 Å². The third-order valence-corrected chi connectivity index (χ3v) is 0. The minimum Gasteiger partial charge on any atom is -0.264 e. The standard InChI is InChI=1S/C2H5Cl.H2O4S/c1-2-3;1-5(2,3)4/h2H2,1H3;(H2,1,2,3,4). The second-order valence-electron chi connectivity index (χ2n) is 0.715. The molecule has 4 nitrogen and oxygen atoms in total. The van der Waals surface area contributed by atoms with Crippen LogP contribution < -0.4 is 0 Å². The molecule has 0 spiro atoms. The van der Waals surface area contributed by atoms with Crippen LogP contribution >= 0.6 is 11.6 Å². The van der Waals surface area contributed by atoms with Gasteiger partial charge in [-0.25, -0.2) is 0 Å². The lowest BCUT2D eigenvalue weighted by molar-refractivity contribution is 0.381. The van der Waals surface area contributed by atoms with Crippen molar-refractivity contribution < 1.29 is 17.5 Å². The Morgan fingerprint density at radius 3 is 1.50 bits per heavy atom. The smallest absolute Gasteiger partial charge is 0.264 e. The molecule has 0 bridgehead atoms. The van der Waals surface area contributed by atoms with Crippen molar-refractivity contribution in [3.05, 3.63) is 0 Å². The molecular formula is C2H7ClO4S. The Hall–Kier alpha value is 0.160. The van der Waals surface area contributed by atoms with Crippen LogP contribution in [0.1, 0.15) is 6.92 Å². The first kappa shape index (κ1) is 11.0. The molecular weight excluding hydrogens is 156 g/mol. The van der Waals surface area contributed by atoms with Gasteiger partial charge in [-0.1, -0.05) is 6.92 Å². The van der Waals surface area contributed by atoms with Gasteiger partial charge in [-0.05, 0) is 0 Å². The molecule has 0 saturated carbocycles. The SMILES string of the molecule is CCCl.O=S(=O)(O)O. The summed E-state index contributed by atoms with van der Waals surface area (Å²) in [5.74, 6) is 0.722. The van der Waals surface area contributed by atoms with Crippen LogP contribution in [0.5, 0.6) is 0 Å². The molecule has 0 radical (unpaired) electrons. The van der Waals surface area contributed by atoms with Gasteiger partial charge in [0.05, 0.1) is 0 Å². The van der Waals surface area contributed by atoms with E-state index in [4.69, 9.17) is 29.1 Å². The summed E-state index contributed by atoms with van der Waals surface area (Å²) in [7, 11) is -4.67. The maximum absolute atomic E-state index is 8.74. The summed E-state index contributed by atoms with van der Waals surface area (Å²) in [5.41, 5.74) is 0. The van der Waals surface area contributed by atoms with Crippen LogP contribution in [0.3, 0.4) is 0 Å². The Labute approximate surface area is 53.0 Å². The molecule has 6 heteroatoms. The average Bonchev–Trinajstić information content (AvgIpc) is 1.27. The maximum Gasteiger partial charge on any atom is 0.394 e. The van der Waals surface area contributed by atoms with Gasteiger partial charge >= 0.3 is 10.4 Å². The number of rotatable bonds is 0. The molecule has 0 aliphatic carbocycles. The molecule has 0 rings (SSSR count). The van der Waals surface area contributed by atoms with Gasteiger partial charge in [0.15, 0.2) is 0 Å². The largest absolute Gasteiger partial charge is 0.394 e. The van der Waals surface area contributed by atoms with Crippen LogP contribution in [0, 0.1) is 0 Å². The van der Waals surface area contributed by atoms with E-state index < -0.39 is 10.4 Å². The number of alkyl halides is 1. The van der Waals surface area contributed by atoms with E-state index >= 15 is 0 Å². The van der Waals surface area contributed by atoms with Gasteiger partial charge in [0, 0.05) is 5.88 Å². The molecule has 0 aromatic carbocycles. The van der Waals surface area contributed by atoms with E-state index in [0.29, 0.717) is 0 Å². The molecule has 0 atom stereocenters. The Kier molecular flexibility index (Phi) is 7.30. The van der Waals surface area contributed by atoms with E-state index in [0.717, 1.165) is 5.88 Å². The van der Waals surface area contributed by atoms with Gasteiger partial charge in [-0.3, -0.25) is 9.11 Å². The van der Waals surface area contributed by atoms with Crippen LogP contribution in [-0.4, -0.2) is 23.4 Å². The van der Waals surface area contributed by atoms with Crippen molar-refractivity contribution in [1.82, 2.24) is 0 Å². The van der Waals surface area contributed by atoms with Crippen LogP contribution in [0.2, 0.25) is 0 Å². The lowest BCUT2D eigenvalue weighted by atomic mass is 11.0. The van der Waals surface area contributed by atoms with Gasteiger partial charge in [0.1, 0.15) is 0 Å². The molecule has 0 fully saturated rings. The van der Waals surface area contributed by atoms with E-state index in [1.807, 2.05) is 6.92 Å². The van der Waals surface area contributed by atoms with Crippen LogP contribution in [-0.2, 0) is 10.4 Å². The minimum absolute atomic E-state index is 0.722. The molecule has 0 aromatic heterocycles. The van der Waals surface area contributed by atoms with Crippen molar-refractivity contribution in [2.24, 2.45) is 0 Å². The summed E-state index contributed by atoms with van der Waals surface area (Å²) >= 11 is 5.00. The highest BCUT2D eigenvalue weighted by molar-refractivity contribution is 7.79. The van der Waals surface area contributed by atoms with Gasteiger partial charge in [0.25, 0.3) is 0 Å².